The Morgan fingerprint density at radius 3 is 2.29 bits per heavy atom. The van der Waals surface area contributed by atoms with Gasteiger partial charge >= 0.3 is 0 Å². The summed E-state index contributed by atoms with van der Waals surface area (Å²) in [5.74, 6) is 0. The van der Waals surface area contributed by atoms with Crippen LogP contribution in [0.15, 0.2) is 95.4 Å². The summed E-state index contributed by atoms with van der Waals surface area (Å²) in [5.41, 5.74) is 7.75. The fourth-order valence-corrected chi connectivity index (χ4v) is 5.88. The molecule has 4 aromatic heterocycles. The van der Waals surface area contributed by atoms with Crippen molar-refractivity contribution >= 4 is 82.1 Å². The number of rotatable bonds is 0. The van der Waals surface area contributed by atoms with Crippen LogP contribution in [0.1, 0.15) is 0 Å². The van der Waals surface area contributed by atoms with Crippen LogP contribution >= 0.6 is 0 Å². The Labute approximate surface area is 192 Å². The maximum absolute atomic E-state index is 6.47. The highest BCUT2D eigenvalue weighted by molar-refractivity contribution is 6.34. The molecule has 4 heterocycles. The molecule has 0 spiro atoms. The number of benzene rings is 5. The maximum atomic E-state index is 6.47. The van der Waals surface area contributed by atoms with E-state index in [4.69, 9.17) is 14.4 Å². The molecule has 4 nitrogen and oxygen atoms in total. The van der Waals surface area contributed by atoms with E-state index in [-0.39, 0.29) is 0 Å². The van der Waals surface area contributed by atoms with Crippen molar-refractivity contribution < 1.29 is 4.42 Å². The first-order valence-electron chi connectivity index (χ1n) is 11.4. The Balaban J connectivity index is 1.66. The minimum absolute atomic E-state index is 0.889. The Morgan fingerprint density at radius 2 is 1.38 bits per heavy atom. The van der Waals surface area contributed by atoms with E-state index in [0.717, 1.165) is 65.9 Å². The molecule has 0 aliphatic heterocycles. The third-order valence-electron chi connectivity index (χ3n) is 7.28. The van der Waals surface area contributed by atoms with E-state index >= 15 is 0 Å². The van der Waals surface area contributed by atoms with Crippen molar-refractivity contribution in [1.82, 2.24) is 14.4 Å². The lowest BCUT2D eigenvalue weighted by atomic mass is 10.0. The summed E-state index contributed by atoms with van der Waals surface area (Å²) in [5, 5.41) is 8.14. The van der Waals surface area contributed by atoms with Gasteiger partial charge in [-0.15, -0.1) is 0 Å². The molecule has 4 heteroatoms. The van der Waals surface area contributed by atoms with E-state index in [2.05, 4.69) is 59.0 Å². The highest BCUT2D eigenvalue weighted by atomic mass is 16.3. The van der Waals surface area contributed by atoms with Gasteiger partial charge in [-0.25, -0.2) is 9.97 Å². The molecule has 0 fully saturated rings. The average Bonchev–Trinajstić information content (AvgIpc) is 3.52. The largest absolute Gasteiger partial charge is 0.455 e. The van der Waals surface area contributed by atoms with Gasteiger partial charge in [-0.2, -0.15) is 0 Å². The standard InChI is InChI=1S/C30H15N3O/c1-2-8-17-16(7-1)15-20-25-23(14-13-19-18-9-3-6-12-24(18)34-29(19)25)33-28(20)26(17)27-30(33)32-22-11-5-4-10-21(22)31-27/h1-15H. The molecule has 0 saturated carbocycles. The van der Waals surface area contributed by atoms with Crippen molar-refractivity contribution in [1.29, 1.82) is 0 Å². The van der Waals surface area contributed by atoms with Gasteiger partial charge in [-0.1, -0.05) is 54.6 Å². The van der Waals surface area contributed by atoms with Crippen LogP contribution < -0.4 is 0 Å². The number of para-hydroxylation sites is 3. The predicted molar refractivity (Wildman–Crippen MR) is 139 cm³/mol. The van der Waals surface area contributed by atoms with Crippen LogP contribution in [0.25, 0.3) is 82.1 Å². The highest BCUT2D eigenvalue weighted by Gasteiger charge is 2.24. The molecule has 0 atom stereocenters. The van der Waals surface area contributed by atoms with Gasteiger partial charge in [0.15, 0.2) is 5.65 Å². The van der Waals surface area contributed by atoms with Gasteiger partial charge in [0.25, 0.3) is 0 Å². The molecule has 0 amide bonds. The first kappa shape index (κ1) is 16.9. The third kappa shape index (κ3) is 1.84. The van der Waals surface area contributed by atoms with Gasteiger partial charge in [0.2, 0.25) is 0 Å². The second kappa shape index (κ2) is 5.61. The third-order valence-corrected chi connectivity index (χ3v) is 7.28. The molecule has 0 saturated heterocycles. The molecule has 0 aliphatic rings. The van der Waals surface area contributed by atoms with Crippen molar-refractivity contribution in [2.24, 2.45) is 0 Å². The summed E-state index contributed by atoms with van der Waals surface area (Å²) in [6, 6.07) is 31.6. The van der Waals surface area contributed by atoms with Crippen LogP contribution in [-0.2, 0) is 0 Å². The smallest absolute Gasteiger partial charge is 0.165 e. The fourth-order valence-electron chi connectivity index (χ4n) is 5.88. The minimum atomic E-state index is 0.889. The molecule has 9 rings (SSSR count). The van der Waals surface area contributed by atoms with Crippen LogP contribution in [-0.4, -0.2) is 14.4 Å². The number of aromatic nitrogens is 3. The molecular formula is C30H15N3O. The van der Waals surface area contributed by atoms with E-state index < -0.39 is 0 Å². The van der Waals surface area contributed by atoms with Crippen molar-refractivity contribution in [2.75, 3.05) is 0 Å². The summed E-state index contributed by atoms with van der Waals surface area (Å²) in [4.78, 5) is 10.2. The monoisotopic (exact) mass is 433 g/mol. The summed E-state index contributed by atoms with van der Waals surface area (Å²) in [7, 11) is 0. The zero-order valence-electron chi connectivity index (χ0n) is 17.9. The van der Waals surface area contributed by atoms with Gasteiger partial charge in [0.05, 0.1) is 27.5 Å². The number of hydrogen-bond acceptors (Lipinski definition) is 3. The average molecular weight is 433 g/mol. The first-order valence-corrected chi connectivity index (χ1v) is 11.4. The van der Waals surface area contributed by atoms with E-state index in [1.807, 2.05) is 36.4 Å². The van der Waals surface area contributed by atoms with E-state index in [1.54, 1.807) is 0 Å². The summed E-state index contributed by atoms with van der Waals surface area (Å²) < 4.78 is 8.76. The van der Waals surface area contributed by atoms with Crippen LogP contribution in [0.3, 0.4) is 0 Å². The SMILES string of the molecule is c1ccc2c(c1)cc1c3c4oc5ccccc5c4ccc3n3c4nc5ccccc5nc4c2c13. The molecule has 0 bridgehead atoms. The molecule has 9 aromatic rings. The lowest BCUT2D eigenvalue weighted by Gasteiger charge is -2.03. The van der Waals surface area contributed by atoms with Crippen LogP contribution in [0, 0.1) is 0 Å². The molecule has 156 valence electrons. The van der Waals surface area contributed by atoms with E-state index in [0.29, 0.717) is 0 Å². The second-order valence-corrected chi connectivity index (χ2v) is 9.02. The van der Waals surface area contributed by atoms with Crippen molar-refractivity contribution in [3.05, 3.63) is 91.0 Å². The van der Waals surface area contributed by atoms with Crippen LogP contribution in [0.4, 0.5) is 0 Å². The fraction of sp³-hybridized carbons (Fsp3) is 0. The minimum Gasteiger partial charge on any atom is -0.455 e. The Bertz CT molecular complexity index is 2290. The summed E-state index contributed by atoms with van der Waals surface area (Å²) >= 11 is 0. The summed E-state index contributed by atoms with van der Waals surface area (Å²) in [6.07, 6.45) is 0. The van der Waals surface area contributed by atoms with Crippen molar-refractivity contribution in [3.63, 3.8) is 0 Å². The molecular weight excluding hydrogens is 418 g/mol. The molecule has 34 heavy (non-hydrogen) atoms. The van der Waals surface area contributed by atoms with Gasteiger partial charge in [0, 0.05) is 21.5 Å². The first-order chi connectivity index (χ1) is 16.9. The van der Waals surface area contributed by atoms with Gasteiger partial charge < -0.3 is 4.42 Å². The molecule has 0 aliphatic carbocycles. The van der Waals surface area contributed by atoms with Gasteiger partial charge in [-0.3, -0.25) is 4.40 Å². The predicted octanol–water partition coefficient (Wildman–Crippen LogP) is 7.83. The van der Waals surface area contributed by atoms with E-state index in [9.17, 15) is 0 Å². The molecule has 0 N–H and O–H groups in total. The quantitative estimate of drug-likeness (QED) is 0.245. The zero-order valence-corrected chi connectivity index (χ0v) is 17.9. The lowest BCUT2D eigenvalue weighted by molar-refractivity contribution is 0.673. The van der Waals surface area contributed by atoms with E-state index in [1.165, 1.54) is 16.2 Å². The lowest BCUT2D eigenvalue weighted by Crippen LogP contribution is -1.89. The highest BCUT2D eigenvalue weighted by Crippen LogP contribution is 2.45. The Morgan fingerprint density at radius 1 is 0.618 bits per heavy atom. The van der Waals surface area contributed by atoms with Crippen LogP contribution in [0.2, 0.25) is 0 Å². The number of hydrogen-bond donors (Lipinski definition) is 0. The Kier molecular flexibility index (Phi) is 2.78. The zero-order chi connectivity index (χ0) is 22.0. The van der Waals surface area contributed by atoms with Crippen LogP contribution in [0.5, 0.6) is 0 Å². The number of furan rings is 1. The van der Waals surface area contributed by atoms with Crippen molar-refractivity contribution in [2.45, 2.75) is 0 Å². The normalized spacial score (nSPS) is 12.7. The molecule has 5 aromatic carbocycles. The maximum Gasteiger partial charge on any atom is 0.165 e. The van der Waals surface area contributed by atoms with Crippen molar-refractivity contribution in [3.8, 4) is 0 Å². The van der Waals surface area contributed by atoms with Gasteiger partial charge in [0.1, 0.15) is 16.7 Å². The number of nitrogens with zero attached hydrogens (tertiary/aromatic N) is 3. The Hall–Kier alpha value is -4.70. The number of fused-ring (bicyclic) bond motifs is 13. The summed E-state index contributed by atoms with van der Waals surface area (Å²) in [6.45, 7) is 0. The molecule has 0 unspecified atom stereocenters. The van der Waals surface area contributed by atoms with Gasteiger partial charge in [-0.05, 0) is 47.2 Å². The topological polar surface area (TPSA) is 43.3 Å². The molecule has 0 radical (unpaired) electrons. The second-order valence-electron chi connectivity index (χ2n) is 9.02.